The van der Waals surface area contributed by atoms with Crippen molar-refractivity contribution in [3.63, 3.8) is 0 Å². The van der Waals surface area contributed by atoms with Crippen LogP contribution in [0.2, 0.25) is 5.02 Å². The molecule has 0 radical (unpaired) electrons. The second-order valence-electron chi connectivity index (χ2n) is 2.26. The first-order valence-electron chi connectivity index (χ1n) is 3.16. The van der Waals surface area contributed by atoms with Gasteiger partial charge in [-0.15, -0.1) is 0 Å². The van der Waals surface area contributed by atoms with Gasteiger partial charge in [0, 0.05) is 5.71 Å². The average Bonchev–Trinajstić information content (AvgIpc) is 1.85. The maximum absolute atomic E-state index is 9.24. The van der Waals surface area contributed by atoms with Crippen LogP contribution in [0.5, 0.6) is 5.75 Å². The van der Waals surface area contributed by atoms with Crippen LogP contribution in [0.4, 0.5) is 0 Å². The lowest BCUT2D eigenvalue weighted by atomic mass is 10.1. The number of hydrogen-bond acceptors (Lipinski definition) is 2. The Morgan fingerprint density at radius 2 is 2.08 bits per heavy atom. The quantitative estimate of drug-likeness (QED) is 0.649. The Bertz CT molecular complexity index is 276. The first kappa shape index (κ1) is 11.0. The molecular weight excluding hydrogens is 174 g/mol. The SMILES string of the molecule is C.CC(=N)c1c(O)cccc1Cl. The van der Waals surface area contributed by atoms with Gasteiger partial charge in [0.15, 0.2) is 0 Å². The van der Waals surface area contributed by atoms with Gasteiger partial charge in [-0.05, 0) is 19.1 Å². The van der Waals surface area contributed by atoms with Crippen LogP contribution in [0.25, 0.3) is 0 Å². The maximum Gasteiger partial charge on any atom is 0.126 e. The molecule has 0 saturated heterocycles. The highest BCUT2D eigenvalue weighted by Gasteiger charge is 2.06. The highest BCUT2D eigenvalue weighted by atomic mass is 35.5. The third kappa shape index (κ3) is 1.98. The van der Waals surface area contributed by atoms with Crippen LogP contribution in [0, 0.1) is 5.41 Å². The van der Waals surface area contributed by atoms with Gasteiger partial charge in [-0.25, -0.2) is 0 Å². The maximum atomic E-state index is 9.24. The molecule has 0 aliphatic heterocycles. The minimum absolute atomic E-state index is 0. The minimum atomic E-state index is 0. The molecule has 2 N–H and O–H groups in total. The van der Waals surface area contributed by atoms with E-state index >= 15 is 0 Å². The fourth-order valence-electron chi connectivity index (χ4n) is 0.884. The summed E-state index contributed by atoms with van der Waals surface area (Å²) in [6.45, 7) is 1.58. The van der Waals surface area contributed by atoms with Gasteiger partial charge in [-0.2, -0.15) is 0 Å². The predicted molar refractivity (Wildman–Crippen MR) is 52.4 cm³/mol. The zero-order valence-corrected chi connectivity index (χ0v) is 6.81. The van der Waals surface area contributed by atoms with E-state index in [1.54, 1.807) is 19.1 Å². The summed E-state index contributed by atoms with van der Waals surface area (Å²) in [5.41, 5.74) is 0.683. The molecule has 1 rings (SSSR count). The number of phenolic OH excluding ortho intramolecular Hbond substituents is 1. The fourth-order valence-corrected chi connectivity index (χ4v) is 1.20. The molecule has 0 amide bonds. The van der Waals surface area contributed by atoms with Gasteiger partial charge in [0.25, 0.3) is 0 Å². The molecular formula is C9H12ClNO. The summed E-state index contributed by atoms with van der Waals surface area (Å²) in [5.74, 6) is 0.0602. The summed E-state index contributed by atoms with van der Waals surface area (Å²) in [6, 6.07) is 4.80. The third-order valence-electron chi connectivity index (χ3n) is 1.37. The number of nitrogens with one attached hydrogen (secondary N) is 1. The zero-order valence-electron chi connectivity index (χ0n) is 6.06. The lowest BCUT2D eigenvalue weighted by molar-refractivity contribution is 0.474. The van der Waals surface area contributed by atoms with Crippen molar-refractivity contribution >= 4 is 17.3 Å². The molecule has 12 heavy (non-hydrogen) atoms. The van der Waals surface area contributed by atoms with E-state index in [2.05, 4.69) is 0 Å². The van der Waals surface area contributed by atoms with Crippen molar-refractivity contribution in [2.24, 2.45) is 0 Å². The Labute approximate surface area is 77.3 Å². The Balaban J connectivity index is 0.00000121. The molecule has 66 valence electrons. The van der Waals surface area contributed by atoms with Gasteiger partial charge in [-0.1, -0.05) is 25.1 Å². The summed E-state index contributed by atoms with van der Waals surface area (Å²) in [5, 5.41) is 16.9. The van der Waals surface area contributed by atoms with Crippen LogP contribution in [-0.4, -0.2) is 10.8 Å². The minimum Gasteiger partial charge on any atom is -0.507 e. The van der Waals surface area contributed by atoms with Crippen molar-refractivity contribution in [3.05, 3.63) is 28.8 Å². The molecule has 2 nitrogen and oxygen atoms in total. The Hall–Kier alpha value is -1.02. The van der Waals surface area contributed by atoms with E-state index in [-0.39, 0.29) is 18.9 Å². The fraction of sp³-hybridized carbons (Fsp3) is 0.222. The number of hydrogen-bond donors (Lipinski definition) is 2. The van der Waals surface area contributed by atoms with Crippen LogP contribution in [0.15, 0.2) is 18.2 Å². The van der Waals surface area contributed by atoms with Crippen molar-refractivity contribution in [1.29, 1.82) is 5.41 Å². The van der Waals surface area contributed by atoms with E-state index in [1.165, 1.54) is 6.07 Å². The largest absolute Gasteiger partial charge is 0.507 e. The topological polar surface area (TPSA) is 44.1 Å². The molecule has 0 saturated carbocycles. The third-order valence-corrected chi connectivity index (χ3v) is 1.68. The molecule has 0 spiro atoms. The lowest BCUT2D eigenvalue weighted by Crippen LogP contribution is -1.93. The van der Waals surface area contributed by atoms with Gasteiger partial charge < -0.3 is 10.5 Å². The molecule has 0 aliphatic rings. The number of phenols is 1. The van der Waals surface area contributed by atoms with E-state index in [4.69, 9.17) is 17.0 Å². The highest BCUT2D eigenvalue weighted by molar-refractivity contribution is 6.34. The molecule has 0 unspecified atom stereocenters. The van der Waals surface area contributed by atoms with E-state index in [1.807, 2.05) is 0 Å². The predicted octanol–water partition coefficient (Wildman–Crippen LogP) is 3.07. The highest BCUT2D eigenvalue weighted by Crippen LogP contribution is 2.24. The van der Waals surface area contributed by atoms with E-state index in [0.717, 1.165) is 0 Å². The molecule has 0 fully saturated rings. The van der Waals surface area contributed by atoms with Gasteiger partial charge in [-0.3, -0.25) is 0 Å². The average molecular weight is 186 g/mol. The van der Waals surface area contributed by atoms with E-state index < -0.39 is 0 Å². The first-order chi connectivity index (χ1) is 5.13. The van der Waals surface area contributed by atoms with Crippen molar-refractivity contribution in [3.8, 4) is 5.75 Å². The van der Waals surface area contributed by atoms with Gasteiger partial charge in [0.2, 0.25) is 0 Å². The second kappa shape index (κ2) is 4.12. The standard InChI is InChI=1S/C8H8ClNO.CH4/c1-5(10)8-6(9)3-2-4-7(8)11;/h2-4,10-11H,1H3;1H4. The summed E-state index contributed by atoms with van der Waals surface area (Å²) in [7, 11) is 0. The van der Waals surface area contributed by atoms with E-state index in [9.17, 15) is 5.11 Å². The van der Waals surface area contributed by atoms with Crippen molar-refractivity contribution < 1.29 is 5.11 Å². The summed E-state index contributed by atoms with van der Waals surface area (Å²) in [6.07, 6.45) is 0. The molecule has 1 aromatic rings. The van der Waals surface area contributed by atoms with Crippen LogP contribution >= 0.6 is 11.6 Å². The molecule has 0 heterocycles. The van der Waals surface area contributed by atoms with Crippen molar-refractivity contribution in [2.45, 2.75) is 14.4 Å². The number of benzene rings is 1. The smallest absolute Gasteiger partial charge is 0.126 e. The second-order valence-corrected chi connectivity index (χ2v) is 2.67. The van der Waals surface area contributed by atoms with E-state index in [0.29, 0.717) is 10.6 Å². The number of rotatable bonds is 1. The molecule has 0 aliphatic carbocycles. The van der Waals surface area contributed by atoms with Gasteiger partial charge in [0.1, 0.15) is 5.75 Å². The molecule has 3 heteroatoms. The first-order valence-corrected chi connectivity index (χ1v) is 3.53. The van der Waals surface area contributed by atoms with Crippen LogP contribution in [0.3, 0.4) is 0 Å². The molecule has 0 atom stereocenters. The molecule has 0 aromatic heterocycles. The van der Waals surface area contributed by atoms with Crippen molar-refractivity contribution in [1.82, 2.24) is 0 Å². The van der Waals surface area contributed by atoms with Gasteiger partial charge in [0.05, 0.1) is 10.6 Å². The Morgan fingerprint density at radius 3 is 2.42 bits per heavy atom. The molecule has 0 bridgehead atoms. The summed E-state index contributed by atoms with van der Waals surface area (Å²) in [4.78, 5) is 0. The lowest BCUT2D eigenvalue weighted by Gasteiger charge is -2.03. The Kier molecular flexibility index (Phi) is 3.77. The monoisotopic (exact) mass is 185 g/mol. The van der Waals surface area contributed by atoms with Crippen LogP contribution < -0.4 is 0 Å². The summed E-state index contributed by atoms with van der Waals surface area (Å²) >= 11 is 5.72. The molecule has 1 aromatic carbocycles. The zero-order chi connectivity index (χ0) is 8.43. The number of halogens is 1. The Morgan fingerprint density at radius 1 is 1.50 bits per heavy atom. The number of aromatic hydroxyl groups is 1. The van der Waals surface area contributed by atoms with Gasteiger partial charge >= 0.3 is 0 Å². The van der Waals surface area contributed by atoms with Crippen molar-refractivity contribution in [2.75, 3.05) is 0 Å². The van der Waals surface area contributed by atoms with Crippen LogP contribution in [-0.2, 0) is 0 Å². The normalized spacial score (nSPS) is 8.83. The summed E-state index contributed by atoms with van der Waals surface area (Å²) < 4.78 is 0. The van der Waals surface area contributed by atoms with Crippen LogP contribution in [0.1, 0.15) is 19.9 Å².